The van der Waals surface area contributed by atoms with Crippen LogP contribution in [-0.2, 0) is 15.7 Å². The highest BCUT2D eigenvalue weighted by Gasteiger charge is 2.37. The number of halogens is 3. The zero-order valence-corrected chi connectivity index (χ0v) is 16.9. The second-order valence-corrected chi connectivity index (χ2v) is 7.88. The second kappa shape index (κ2) is 8.41. The monoisotopic (exact) mass is 402 g/mol. The molecule has 4 unspecified atom stereocenters. The quantitative estimate of drug-likeness (QED) is 0.771. The third-order valence-electron chi connectivity index (χ3n) is 5.98. The smallest absolute Gasteiger partial charge is 0.379 e. The van der Waals surface area contributed by atoms with Crippen molar-refractivity contribution >= 4 is 11.8 Å². The van der Waals surface area contributed by atoms with Gasteiger partial charge in [0.05, 0.1) is 12.2 Å². The molecule has 0 N–H and O–H groups in total. The molecule has 28 heavy (non-hydrogen) atoms. The van der Waals surface area contributed by atoms with Gasteiger partial charge in [0.2, 0.25) is 5.95 Å². The third kappa shape index (κ3) is 4.51. The molecule has 4 atom stereocenters. The van der Waals surface area contributed by atoms with Gasteiger partial charge in [-0.1, -0.05) is 13.8 Å². The summed E-state index contributed by atoms with van der Waals surface area (Å²) < 4.78 is 51.5. The summed E-state index contributed by atoms with van der Waals surface area (Å²) in [5, 5.41) is 0. The van der Waals surface area contributed by atoms with E-state index in [1.165, 1.54) is 0 Å². The maximum Gasteiger partial charge on any atom is 0.433 e. The van der Waals surface area contributed by atoms with Crippen molar-refractivity contribution in [1.29, 1.82) is 0 Å². The Hall–Kier alpha value is -1.61. The first-order chi connectivity index (χ1) is 13.2. The fourth-order valence-electron chi connectivity index (χ4n) is 3.94. The summed E-state index contributed by atoms with van der Waals surface area (Å²) in [6, 6.07) is 1.05. The first-order valence-corrected chi connectivity index (χ1v) is 9.74. The molecule has 2 fully saturated rings. The minimum atomic E-state index is -4.53. The van der Waals surface area contributed by atoms with E-state index in [-0.39, 0.29) is 18.2 Å². The van der Waals surface area contributed by atoms with Gasteiger partial charge in [-0.2, -0.15) is 18.2 Å². The summed E-state index contributed by atoms with van der Waals surface area (Å²) in [4.78, 5) is 12.0. The lowest BCUT2D eigenvalue weighted by Gasteiger charge is -2.38. The number of aromatic nitrogens is 2. The maximum absolute atomic E-state index is 13.5. The van der Waals surface area contributed by atoms with Gasteiger partial charge >= 0.3 is 6.18 Å². The van der Waals surface area contributed by atoms with E-state index in [0.29, 0.717) is 43.8 Å². The third-order valence-corrected chi connectivity index (χ3v) is 5.98. The van der Waals surface area contributed by atoms with Gasteiger partial charge in [-0.05, 0) is 24.7 Å². The Morgan fingerprint density at radius 2 is 1.46 bits per heavy atom. The minimum Gasteiger partial charge on any atom is -0.379 e. The van der Waals surface area contributed by atoms with Crippen LogP contribution in [-0.4, -0.2) is 62.6 Å². The highest BCUT2D eigenvalue weighted by Crippen LogP contribution is 2.33. The molecule has 0 aromatic carbocycles. The zero-order valence-electron chi connectivity index (χ0n) is 16.9. The van der Waals surface area contributed by atoms with Gasteiger partial charge in [-0.3, -0.25) is 0 Å². The summed E-state index contributed by atoms with van der Waals surface area (Å²) in [5.41, 5.74) is -0.910. The summed E-state index contributed by atoms with van der Waals surface area (Å²) in [6.07, 6.45) is -2.95. The molecule has 0 saturated carbocycles. The Morgan fingerprint density at radius 1 is 0.929 bits per heavy atom. The van der Waals surface area contributed by atoms with E-state index in [1.54, 1.807) is 19.1 Å². The first-order valence-electron chi connectivity index (χ1n) is 9.74. The lowest BCUT2D eigenvalue weighted by molar-refractivity contribution is -0.141. The van der Waals surface area contributed by atoms with Crippen LogP contribution >= 0.6 is 0 Å². The number of alkyl halides is 3. The Morgan fingerprint density at radius 3 is 2.00 bits per heavy atom. The van der Waals surface area contributed by atoms with Gasteiger partial charge < -0.3 is 19.3 Å². The Labute approximate surface area is 164 Å². The summed E-state index contributed by atoms with van der Waals surface area (Å²) in [6.45, 7) is 6.44. The lowest BCUT2D eigenvalue weighted by atomic mass is 9.95. The molecule has 1 aromatic rings. The van der Waals surface area contributed by atoms with E-state index in [0.717, 1.165) is 18.9 Å². The van der Waals surface area contributed by atoms with E-state index in [4.69, 9.17) is 9.47 Å². The summed E-state index contributed by atoms with van der Waals surface area (Å²) in [7, 11) is 3.26. The fraction of sp³-hybridized carbons (Fsp3) is 0.789. The number of nitrogens with zero attached hydrogens (tertiary/aromatic N) is 4. The molecule has 0 radical (unpaired) electrons. The zero-order chi connectivity index (χ0) is 20.5. The van der Waals surface area contributed by atoms with E-state index in [1.807, 2.05) is 4.90 Å². The SMILES string of the molecule is COC1CN(c2cc(C(F)(F)F)nc(N3CCC(C)C(OC)C3)n2)CCC1C. The molecule has 3 rings (SSSR count). The molecule has 9 heteroatoms. The molecular weight excluding hydrogens is 373 g/mol. The van der Waals surface area contributed by atoms with Crippen LogP contribution in [0.3, 0.4) is 0 Å². The highest BCUT2D eigenvalue weighted by atomic mass is 19.4. The van der Waals surface area contributed by atoms with Gasteiger partial charge in [-0.15, -0.1) is 0 Å². The van der Waals surface area contributed by atoms with E-state index in [9.17, 15) is 13.2 Å². The largest absolute Gasteiger partial charge is 0.433 e. The predicted molar refractivity (Wildman–Crippen MR) is 101 cm³/mol. The molecule has 2 aliphatic heterocycles. The normalized spacial score (nSPS) is 29.2. The minimum absolute atomic E-state index is 0.0322. The lowest BCUT2D eigenvalue weighted by Crippen LogP contribution is -2.46. The summed E-state index contributed by atoms with van der Waals surface area (Å²) in [5.74, 6) is 1.12. The number of hydrogen-bond donors (Lipinski definition) is 0. The Balaban J connectivity index is 1.92. The van der Waals surface area contributed by atoms with Gasteiger partial charge in [0.25, 0.3) is 0 Å². The van der Waals surface area contributed by atoms with Crippen molar-refractivity contribution < 1.29 is 22.6 Å². The number of hydrogen-bond acceptors (Lipinski definition) is 6. The predicted octanol–water partition coefficient (Wildman–Crippen LogP) is 3.22. The number of piperidine rings is 2. The standard InChI is InChI=1S/C19H29F3N4O2/c1-12-5-7-25(10-14(12)27-3)17-9-16(19(20,21)22)23-18(24-17)26-8-6-13(2)15(11-26)28-4/h9,12-15H,5-8,10-11H2,1-4H3. The molecular formula is C19H29F3N4O2. The van der Waals surface area contributed by atoms with Crippen LogP contribution in [0.2, 0.25) is 0 Å². The van der Waals surface area contributed by atoms with Gasteiger partial charge in [-0.25, -0.2) is 4.98 Å². The summed E-state index contributed by atoms with van der Waals surface area (Å²) >= 11 is 0. The van der Waals surface area contributed by atoms with Gasteiger partial charge in [0.1, 0.15) is 5.82 Å². The van der Waals surface area contributed by atoms with Gasteiger partial charge in [0.15, 0.2) is 5.69 Å². The average molecular weight is 402 g/mol. The number of anilines is 2. The molecule has 158 valence electrons. The van der Waals surface area contributed by atoms with Crippen molar-refractivity contribution in [2.24, 2.45) is 11.8 Å². The topological polar surface area (TPSA) is 50.7 Å². The molecule has 6 nitrogen and oxygen atoms in total. The molecule has 0 aliphatic carbocycles. The Kier molecular flexibility index (Phi) is 6.34. The van der Waals surface area contributed by atoms with Crippen LogP contribution in [0.1, 0.15) is 32.4 Å². The van der Waals surface area contributed by atoms with Crippen molar-refractivity contribution in [2.45, 2.75) is 45.1 Å². The van der Waals surface area contributed by atoms with Crippen molar-refractivity contribution in [3.63, 3.8) is 0 Å². The molecule has 2 aliphatic rings. The van der Waals surface area contributed by atoms with E-state index >= 15 is 0 Å². The maximum atomic E-state index is 13.5. The molecule has 1 aromatic heterocycles. The Bertz CT molecular complexity index is 627. The second-order valence-electron chi connectivity index (χ2n) is 7.88. The number of rotatable bonds is 4. The molecule has 0 spiro atoms. The van der Waals surface area contributed by atoms with Crippen LogP contribution in [0.25, 0.3) is 0 Å². The van der Waals surface area contributed by atoms with Crippen molar-refractivity contribution in [3.8, 4) is 0 Å². The van der Waals surface area contributed by atoms with Crippen molar-refractivity contribution in [2.75, 3.05) is 50.2 Å². The number of methoxy groups -OCH3 is 2. The first kappa shape index (κ1) is 21.1. The van der Waals surface area contributed by atoms with Crippen LogP contribution < -0.4 is 9.80 Å². The van der Waals surface area contributed by atoms with Gasteiger partial charge in [0, 0.05) is 46.5 Å². The molecule has 3 heterocycles. The van der Waals surface area contributed by atoms with Crippen molar-refractivity contribution in [1.82, 2.24) is 9.97 Å². The van der Waals surface area contributed by atoms with Crippen molar-refractivity contribution in [3.05, 3.63) is 11.8 Å². The van der Waals surface area contributed by atoms with Crippen LogP contribution in [0.15, 0.2) is 6.07 Å². The average Bonchev–Trinajstić information content (AvgIpc) is 2.67. The van der Waals surface area contributed by atoms with Crippen LogP contribution in [0.5, 0.6) is 0 Å². The fourth-order valence-corrected chi connectivity index (χ4v) is 3.94. The van der Waals surface area contributed by atoms with E-state index < -0.39 is 11.9 Å². The molecule has 0 bridgehead atoms. The highest BCUT2D eigenvalue weighted by molar-refractivity contribution is 5.47. The number of ether oxygens (including phenoxy) is 2. The van der Waals surface area contributed by atoms with Crippen LogP contribution in [0.4, 0.5) is 24.9 Å². The molecule has 2 saturated heterocycles. The van der Waals surface area contributed by atoms with E-state index in [2.05, 4.69) is 23.8 Å². The molecule has 0 amide bonds. The van der Waals surface area contributed by atoms with Crippen LogP contribution in [0, 0.1) is 11.8 Å².